The second-order valence-electron chi connectivity index (χ2n) is 6.56. The Balaban J connectivity index is 0.00000280. The maximum absolute atomic E-state index is 12.8. The first-order valence-corrected chi connectivity index (χ1v) is 9.55. The summed E-state index contributed by atoms with van der Waals surface area (Å²) in [5, 5.41) is 22.9. The quantitative estimate of drug-likeness (QED) is 0.558. The molecular weight excluding hydrogens is 404 g/mol. The first-order valence-electron chi connectivity index (χ1n) is 8.73. The largest absolute Gasteiger partial charge is 0.339 e. The van der Waals surface area contributed by atoms with E-state index in [9.17, 15) is 14.9 Å². The summed E-state index contributed by atoms with van der Waals surface area (Å²) in [5.74, 6) is 0.412. The topological polar surface area (TPSA) is 106 Å². The molecule has 1 aliphatic heterocycles. The van der Waals surface area contributed by atoms with Crippen LogP contribution in [0.4, 0.5) is 5.69 Å². The summed E-state index contributed by atoms with van der Waals surface area (Å²) in [6.45, 7) is 2.30. The number of halogens is 1. The van der Waals surface area contributed by atoms with Crippen molar-refractivity contribution in [3.63, 3.8) is 0 Å². The molecule has 0 atom stereocenters. The summed E-state index contributed by atoms with van der Waals surface area (Å²) in [5.41, 5.74) is 0.245. The number of rotatable bonds is 6. The molecule has 152 valence electrons. The van der Waals surface area contributed by atoms with Crippen LogP contribution < -0.4 is 5.32 Å². The van der Waals surface area contributed by atoms with Gasteiger partial charge in [0.1, 0.15) is 6.33 Å². The Hall–Kier alpha value is -2.17. The van der Waals surface area contributed by atoms with Gasteiger partial charge in [-0.1, -0.05) is 0 Å². The highest BCUT2D eigenvalue weighted by Gasteiger charge is 2.26. The summed E-state index contributed by atoms with van der Waals surface area (Å²) < 4.78 is 1.68. The molecule has 0 saturated carbocycles. The second-order valence-corrected chi connectivity index (χ2v) is 7.57. The lowest BCUT2D eigenvalue weighted by Gasteiger charge is -2.32. The summed E-state index contributed by atoms with van der Waals surface area (Å²) in [6.07, 6.45) is 3.41. The number of benzene rings is 1. The zero-order valence-corrected chi connectivity index (χ0v) is 17.3. The lowest BCUT2D eigenvalue weighted by atomic mass is 9.96. The average molecular weight is 427 g/mol. The molecule has 3 rings (SSSR count). The summed E-state index contributed by atoms with van der Waals surface area (Å²) in [7, 11) is 3.70. The van der Waals surface area contributed by atoms with E-state index in [0.717, 1.165) is 31.1 Å². The number of nitrogens with zero attached hydrogens (tertiary/aromatic N) is 5. The lowest BCUT2D eigenvalue weighted by molar-refractivity contribution is -0.387. The van der Waals surface area contributed by atoms with Gasteiger partial charge in [-0.15, -0.1) is 22.6 Å². The minimum atomic E-state index is -0.464. The Kier molecular flexibility index (Phi) is 7.78. The van der Waals surface area contributed by atoms with Crippen LogP contribution in [0.25, 0.3) is 0 Å². The molecule has 0 bridgehead atoms. The van der Waals surface area contributed by atoms with Crippen molar-refractivity contribution in [3.8, 4) is 0 Å². The van der Waals surface area contributed by atoms with Gasteiger partial charge in [-0.3, -0.25) is 14.9 Å². The van der Waals surface area contributed by atoms with Crippen LogP contribution in [0.3, 0.4) is 0 Å². The molecule has 1 aromatic carbocycles. The smallest absolute Gasteiger partial charge is 0.284 e. The number of nitro groups is 1. The van der Waals surface area contributed by atoms with Gasteiger partial charge in [0.2, 0.25) is 0 Å². The van der Waals surface area contributed by atoms with Crippen LogP contribution in [0.2, 0.25) is 0 Å². The molecule has 1 N–H and O–H groups in total. The van der Waals surface area contributed by atoms with Crippen LogP contribution in [0.1, 0.15) is 23.2 Å². The number of nitro benzene ring substituents is 1. The first-order chi connectivity index (χ1) is 13.0. The highest BCUT2D eigenvalue weighted by Crippen LogP contribution is 2.34. The van der Waals surface area contributed by atoms with Gasteiger partial charge in [-0.2, -0.15) is 0 Å². The van der Waals surface area contributed by atoms with E-state index in [2.05, 4.69) is 15.5 Å². The van der Waals surface area contributed by atoms with Gasteiger partial charge < -0.3 is 14.8 Å². The lowest BCUT2D eigenvalue weighted by Crippen LogP contribution is -2.40. The van der Waals surface area contributed by atoms with Crippen LogP contribution in [0, 0.1) is 16.0 Å². The third kappa shape index (κ3) is 5.00. The first kappa shape index (κ1) is 22.1. The standard InChI is InChI=1S/C17H22N6O3S.ClH/c1-18-10-12-5-7-22(8-6-12)16(24)13-3-4-15(14(9-13)23(25)26)27-17-20-19-11-21(17)2;/h3-4,9,11-12,18H,5-8,10H2,1-2H3;1H. The average Bonchev–Trinajstić information content (AvgIpc) is 3.07. The SMILES string of the molecule is CNCC1CCN(C(=O)c2ccc(Sc3nncn3C)c([N+](=O)[O-])c2)CC1.Cl. The van der Waals surface area contributed by atoms with Crippen LogP contribution in [0.5, 0.6) is 0 Å². The zero-order chi connectivity index (χ0) is 19.4. The Labute approximate surface area is 173 Å². The van der Waals surface area contributed by atoms with Crippen LogP contribution >= 0.6 is 24.2 Å². The zero-order valence-electron chi connectivity index (χ0n) is 15.7. The van der Waals surface area contributed by atoms with Gasteiger partial charge >= 0.3 is 0 Å². The van der Waals surface area contributed by atoms with Crippen LogP contribution in [0.15, 0.2) is 34.6 Å². The molecule has 1 aromatic heterocycles. The molecule has 2 aromatic rings. The maximum atomic E-state index is 12.8. The fourth-order valence-corrected chi connectivity index (χ4v) is 4.00. The predicted molar refractivity (Wildman–Crippen MR) is 108 cm³/mol. The number of likely N-dealkylation sites (tertiary alicyclic amines) is 1. The van der Waals surface area contributed by atoms with Crippen molar-refractivity contribution < 1.29 is 9.72 Å². The number of aryl methyl sites for hydroxylation is 1. The van der Waals surface area contributed by atoms with Crippen molar-refractivity contribution in [2.24, 2.45) is 13.0 Å². The number of amides is 1. The Bertz CT molecular complexity index is 838. The molecule has 0 radical (unpaired) electrons. The van der Waals surface area contributed by atoms with Crippen molar-refractivity contribution >= 4 is 35.8 Å². The van der Waals surface area contributed by atoms with E-state index in [0.29, 0.717) is 34.6 Å². The molecule has 0 spiro atoms. The van der Waals surface area contributed by atoms with E-state index in [1.165, 1.54) is 12.4 Å². The van der Waals surface area contributed by atoms with Gasteiger partial charge in [0.05, 0.1) is 9.82 Å². The monoisotopic (exact) mass is 426 g/mol. The van der Waals surface area contributed by atoms with Gasteiger partial charge in [0.15, 0.2) is 5.16 Å². The van der Waals surface area contributed by atoms with E-state index in [4.69, 9.17) is 0 Å². The normalized spacial score (nSPS) is 14.6. The van der Waals surface area contributed by atoms with Crippen LogP contribution in [-0.4, -0.2) is 57.2 Å². The van der Waals surface area contributed by atoms with Gasteiger partial charge in [-0.25, -0.2) is 0 Å². The number of piperidine rings is 1. The van der Waals surface area contributed by atoms with E-state index < -0.39 is 4.92 Å². The van der Waals surface area contributed by atoms with Crippen molar-refractivity contribution in [2.45, 2.75) is 22.9 Å². The Morgan fingerprint density at radius 2 is 2.11 bits per heavy atom. The number of carbonyl (C=O) groups is 1. The van der Waals surface area contributed by atoms with Crippen molar-refractivity contribution in [3.05, 3.63) is 40.2 Å². The summed E-state index contributed by atoms with van der Waals surface area (Å²) >= 11 is 1.15. The van der Waals surface area contributed by atoms with Crippen molar-refractivity contribution in [1.29, 1.82) is 0 Å². The summed E-state index contributed by atoms with van der Waals surface area (Å²) in [4.78, 5) is 26.0. The number of nitrogens with one attached hydrogen (secondary N) is 1. The molecule has 0 unspecified atom stereocenters. The maximum Gasteiger partial charge on any atom is 0.284 e. The number of hydrogen-bond donors (Lipinski definition) is 1. The molecule has 28 heavy (non-hydrogen) atoms. The van der Waals surface area contributed by atoms with E-state index in [1.54, 1.807) is 28.6 Å². The molecule has 9 nitrogen and oxygen atoms in total. The van der Waals surface area contributed by atoms with E-state index in [1.807, 2.05) is 7.05 Å². The third-order valence-electron chi connectivity index (χ3n) is 4.67. The number of carbonyl (C=O) groups excluding carboxylic acids is 1. The molecule has 1 aliphatic rings. The molecule has 1 saturated heterocycles. The molecule has 0 aliphatic carbocycles. The molecule has 1 amide bonds. The fraction of sp³-hybridized carbons (Fsp3) is 0.471. The van der Waals surface area contributed by atoms with Crippen molar-refractivity contribution in [2.75, 3.05) is 26.7 Å². The van der Waals surface area contributed by atoms with Gasteiger partial charge in [-0.05, 0) is 56.2 Å². The predicted octanol–water partition coefficient (Wildman–Crippen LogP) is 2.37. The third-order valence-corrected chi connectivity index (χ3v) is 5.79. The fourth-order valence-electron chi connectivity index (χ4n) is 3.15. The highest BCUT2D eigenvalue weighted by atomic mass is 35.5. The number of hydrogen-bond acceptors (Lipinski definition) is 7. The molecule has 2 heterocycles. The molecule has 11 heteroatoms. The van der Waals surface area contributed by atoms with E-state index >= 15 is 0 Å². The highest BCUT2D eigenvalue weighted by molar-refractivity contribution is 7.99. The molecular formula is C17H23ClN6O3S. The molecule has 1 fully saturated rings. The minimum Gasteiger partial charge on any atom is -0.339 e. The van der Waals surface area contributed by atoms with Crippen molar-refractivity contribution in [1.82, 2.24) is 25.0 Å². The van der Waals surface area contributed by atoms with Crippen LogP contribution in [-0.2, 0) is 7.05 Å². The van der Waals surface area contributed by atoms with Gasteiger partial charge in [0, 0.05) is 31.8 Å². The minimum absolute atomic E-state index is 0. The summed E-state index contributed by atoms with van der Waals surface area (Å²) in [6, 6.07) is 4.62. The Morgan fingerprint density at radius 3 is 2.68 bits per heavy atom. The second kappa shape index (κ2) is 9.85. The van der Waals surface area contributed by atoms with Gasteiger partial charge in [0.25, 0.3) is 11.6 Å². The number of aromatic nitrogens is 3. The Morgan fingerprint density at radius 1 is 1.39 bits per heavy atom. The van der Waals surface area contributed by atoms with E-state index in [-0.39, 0.29) is 24.0 Å².